The minimum absolute atomic E-state index is 0.0936. The zero-order valence-corrected chi connectivity index (χ0v) is 17.5. The second kappa shape index (κ2) is 8.07. The van der Waals surface area contributed by atoms with Gasteiger partial charge in [0.05, 0.1) is 0 Å². The molecule has 2 aromatic carbocycles. The molecule has 0 aromatic heterocycles. The molecule has 30 heavy (non-hydrogen) atoms. The summed E-state index contributed by atoms with van der Waals surface area (Å²) in [4.78, 5) is 24.7. The first-order chi connectivity index (χ1) is 14.1. The smallest absolute Gasteiger partial charge is 0.489 e. The number of primary amides is 1. The van der Waals surface area contributed by atoms with Gasteiger partial charge in [0.1, 0.15) is 29.8 Å². The topological polar surface area (TPSA) is 89.6 Å². The van der Waals surface area contributed by atoms with E-state index < -0.39 is 34.1 Å². The van der Waals surface area contributed by atoms with Crippen molar-refractivity contribution in [3.63, 3.8) is 0 Å². The predicted molar refractivity (Wildman–Crippen MR) is 110 cm³/mol. The molecule has 1 fully saturated rings. The van der Waals surface area contributed by atoms with Crippen molar-refractivity contribution in [1.29, 1.82) is 0 Å². The van der Waals surface area contributed by atoms with Gasteiger partial charge in [-0.2, -0.15) is 4.79 Å². The highest BCUT2D eigenvalue weighted by Crippen LogP contribution is 2.49. The lowest BCUT2D eigenvalue weighted by atomic mass is 9.94. The van der Waals surface area contributed by atoms with E-state index >= 15 is 0 Å². The van der Waals surface area contributed by atoms with Crippen molar-refractivity contribution in [2.24, 2.45) is 5.73 Å². The van der Waals surface area contributed by atoms with E-state index in [1.54, 1.807) is 30.3 Å². The van der Waals surface area contributed by atoms with Crippen LogP contribution in [0.2, 0.25) is 0 Å². The molecule has 3 atom stereocenters. The van der Waals surface area contributed by atoms with Gasteiger partial charge in [-0.3, -0.25) is 4.79 Å². The average Bonchev–Trinajstić information content (AvgIpc) is 3.10. The second-order valence-electron chi connectivity index (χ2n) is 8.69. The van der Waals surface area contributed by atoms with E-state index in [-0.39, 0.29) is 12.4 Å². The minimum Gasteiger partial charge on any atom is -0.489 e. The lowest BCUT2D eigenvalue weighted by Gasteiger charge is -2.47. The molecule has 2 aromatic rings. The summed E-state index contributed by atoms with van der Waals surface area (Å²) in [7, 11) is 0. The van der Waals surface area contributed by atoms with Crippen molar-refractivity contribution in [3.8, 4) is 5.75 Å². The SMILES string of the molecule is CC(C)(C)[N+]1(C(=O)O)[C@@H](C(N)=O)CC[C@H]1c1ccc(OCc2ccccc2F)cc1. The number of likely N-dealkylation sites (tertiary alicyclic amines) is 1. The number of nitrogens with two attached hydrogens (primary N) is 1. The third-order valence-corrected chi connectivity index (χ3v) is 6.07. The molecule has 7 heteroatoms. The Bertz CT molecular complexity index is 939. The lowest BCUT2D eigenvalue weighted by Crippen LogP contribution is -2.69. The van der Waals surface area contributed by atoms with E-state index in [0.717, 1.165) is 5.56 Å². The Kier molecular flexibility index (Phi) is 5.85. The summed E-state index contributed by atoms with van der Waals surface area (Å²) in [5.74, 6) is -0.374. The van der Waals surface area contributed by atoms with Gasteiger partial charge in [0, 0.05) is 24.0 Å². The molecule has 1 saturated heterocycles. The summed E-state index contributed by atoms with van der Waals surface area (Å²) >= 11 is 0. The van der Waals surface area contributed by atoms with Crippen molar-refractivity contribution >= 4 is 12.0 Å². The van der Waals surface area contributed by atoms with E-state index in [1.165, 1.54) is 6.07 Å². The molecule has 3 rings (SSSR count). The third-order valence-electron chi connectivity index (χ3n) is 6.07. The van der Waals surface area contributed by atoms with Crippen molar-refractivity contribution in [1.82, 2.24) is 0 Å². The molecule has 0 radical (unpaired) electrons. The standard InChI is InChI=1S/C23H27FN2O4/c1-23(2,3)26(22(28)29)19(12-13-20(26)21(25)27)15-8-10-17(11-9-15)30-14-16-6-4-5-7-18(16)24/h4-11,19-20H,12-14H2,1-3H3,(H2-,25,27,28,29)/p+1/t19-,20+,26?/m0/s1. The molecule has 0 saturated carbocycles. The number of hydrogen-bond acceptors (Lipinski definition) is 3. The highest BCUT2D eigenvalue weighted by molar-refractivity contribution is 5.81. The number of carbonyl (C=O) groups excluding carboxylic acids is 1. The predicted octanol–water partition coefficient (Wildman–Crippen LogP) is 4.39. The number of halogens is 1. The minimum atomic E-state index is -1.06. The molecule has 0 spiro atoms. The summed E-state index contributed by atoms with van der Waals surface area (Å²) in [6.45, 7) is 5.56. The molecule has 160 valence electrons. The summed E-state index contributed by atoms with van der Waals surface area (Å²) < 4.78 is 19.0. The van der Waals surface area contributed by atoms with Gasteiger partial charge in [0.25, 0.3) is 5.91 Å². The summed E-state index contributed by atoms with van der Waals surface area (Å²) in [5.41, 5.74) is 6.12. The maximum Gasteiger partial charge on any atom is 0.515 e. The van der Waals surface area contributed by atoms with Crippen LogP contribution >= 0.6 is 0 Å². The Balaban J connectivity index is 1.88. The number of carbonyl (C=O) groups is 2. The number of carboxylic acid groups (broad SMARTS) is 1. The van der Waals surface area contributed by atoms with E-state index in [0.29, 0.717) is 24.2 Å². The van der Waals surface area contributed by atoms with Crippen LogP contribution in [0, 0.1) is 5.82 Å². The van der Waals surface area contributed by atoms with Crippen LogP contribution in [0.4, 0.5) is 9.18 Å². The van der Waals surface area contributed by atoms with E-state index in [9.17, 15) is 19.1 Å². The fourth-order valence-corrected chi connectivity index (χ4v) is 4.74. The van der Waals surface area contributed by atoms with Gasteiger partial charge in [0.2, 0.25) is 0 Å². The Morgan fingerprint density at radius 2 is 1.77 bits per heavy atom. The normalized spacial score (nSPS) is 23.9. The van der Waals surface area contributed by atoms with Gasteiger partial charge < -0.3 is 15.6 Å². The number of benzene rings is 2. The van der Waals surface area contributed by atoms with Crippen LogP contribution in [-0.2, 0) is 11.4 Å². The first kappa shape index (κ1) is 21.8. The largest absolute Gasteiger partial charge is 0.515 e. The fraction of sp³-hybridized carbons (Fsp3) is 0.391. The Morgan fingerprint density at radius 1 is 1.13 bits per heavy atom. The molecular weight excluding hydrogens is 387 g/mol. The molecule has 3 N–H and O–H groups in total. The first-order valence-electron chi connectivity index (χ1n) is 9.96. The van der Waals surface area contributed by atoms with Gasteiger partial charge >= 0.3 is 6.09 Å². The third kappa shape index (κ3) is 3.65. The van der Waals surface area contributed by atoms with Gasteiger partial charge in [-0.05, 0) is 51.1 Å². The molecule has 0 aliphatic carbocycles. The number of rotatable bonds is 5. The van der Waals surface area contributed by atoms with Crippen LogP contribution in [0.5, 0.6) is 5.75 Å². The van der Waals surface area contributed by atoms with Crippen LogP contribution in [0.1, 0.15) is 50.8 Å². The highest BCUT2D eigenvalue weighted by atomic mass is 19.1. The van der Waals surface area contributed by atoms with Gasteiger partial charge in [-0.15, -0.1) is 0 Å². The number of ether oxygens (including phenoxy) is 1. The quantitative estimate of drug-likeness (QED) is 0.709. The molecule has 0 bridgehead atoms. The first-order valence-corrected chi connectivity index (χ1v) is 9.96. The lowest BCUT2D eigenvalue weighted by molar-refractivity contribution is -0.933. The second-order valence-corrected chi connectivity index (χ2v) is 8.69. The van der Waals surface area contributed by atoms with Crippen molar-refractivity contribution in [2.75, 3.05) is 0 Å². The van der Waals surface area contributed by atoms with Crippen molar-refractivity contribution in [2.45, 2.75) is 57.8 Å². The number of nitrogens with zero attached hydrogens (tertiary/aromatic N) is 1. The Labute approximate surface area is 175 Å². The Morgan fingerprint density at radius 3 is 2.30 bits per heavy atom. The summed E-state index contributed by atoms with van der Waals surface area (Å²) in [6.07, 6.45) is -0.115. The number of amides is 2. The molecular formula is C23H28FN2O4+. The van der Waals surface area contributed by atoms with Crippen LogP contribution in [0.25, 0.3) is 0 Å². The van der Waals surface area contributed by atoms with Crippen LogP contribution < -0.4 is 10.5 Å². The molecule has 1 aliphatic heterocycles. The molecule has 2 amide bonds. The van der Waals surface area contributed by atoms with Crippen LogP contribution in [0.3, 0.4) is 0 Å². The number of hydrogen-bond donors (Lipinski definition) is 2. The van der Waals surface area contributed by atoms with E-state index in [4.69, 9.17) is 10.5 Å². The maximum absolute atomic E-state index is 13.8. The van der Waals surface area contributed by atoms with Gasteiger partial charge in [-0.25, -0.2) is 8.87 Å². The molecule has 1 unspecified atom stereocenters. The molecule has 1 heterocycles. The Hall–Kier alpha value is -2.93. The summed E-state index contributed by atoms with van der Waals surface area (Å²) in [6, 6.07) is 12.3. The van der Waals surface area contributed by atoms with Crippen molar-refractivity contribution < 1.29 is 28.3 Å². The van der Waals surface area contributed by atoms with E-state index in [2.05, 4.69) is 0 Å². The zero-order valence-electron chi connectivity index (χ0n) is 17.5. The average molecular weight is 415 g/mol. The van der Waals surface area contributed by atoms with Crippen molar-refractivity contribution in [3.05, 3.63) is 65.5 Å². The zero-order chi connectivity index (χ0) is 22.1. The molecule has 1 aliphatic rings. The monoisotopic (exact) mass is 415 g/mol. The highest BCUT2D eigenvalue weighted by Gasteiger charge is 2.64. The molecule has 6 nitrogen and oxygen atoms in total. The van der Waals surface area contributed by atoms with Crippen LogP contribution in [-0.4, -0.2) is 33.2 Å². The fourth-order valence-electron chi connectivity index (χ4n) is 4.74. The van der Waals surface area contributed by atoms with Gasteiger partial charge in [0.15, 0.2) is 6.04 Å². The number of quaternary nitrogens is 1. The maximum atomic E-state index is 13.8. The van der Waals surface area contributed by atoms with Crippen LogP contribution in [0.15, 0.2) is 48.5 Å². The van der Waals surface area contributed by atoms with Gasteiger partial charge in [-0.1, -0.05) is 18.2 Å². The summed E-state index contributed by atoms with van der Waals surface area (Å²) in [5, 5.41) is 10.2. The van der Waals surface area contributed by atoms with E-state index in [1.807, 2.05) is 32.9 Å².